The Labute approximate surface area is 153 Å². The van der Waals surface area contributed by atoms with Crippen LogP contribution in [-0.4, -0.2) is 56.4 Å². The number of hydrogen-bond donors (Lipinski definition) is 1. The van der Waals surface area contributed by atoms with Gasteiger partial charge in [-0.1, -0.05) is 13.8 Å². The van der Waals surface area contributed by atoms with Crippen LogP contribution >= 0.6 is 0 Å². The third-order valence-electron chi connectivity index (χ3n) is 6.66. The summed E-state index contributed by atoms with van der Waals surface area (Å²) < 4.78 is 15.4. The Hall–Kier alpha value is -2.01. The van der Waals surface area contributed by atoms with E-state index in [1.165, 1.54) is 11.2 Å². The summed E-state index contributed by atoms with van der Waals surface area (Å²) in [5.41, 5.74) is -0.271. The molecule has 2 heterocycles. The minimum atomic E-state index is -1.10. The number of aromatic nitrogens is 3. The summed E-state index contributed by atoms with van der Waals surface area (Å²) in [6, 6.07) is 1.38. The number of nitriles is 1. The molecule has 0 bridgehead atoms. The average Bonchev–Trinajstić information content (AvgIpc) is 3.29. The van der Waals surface area contributed by atoms with Crippen molar-refractivity contribution < 1.29 is 9.18 Å². The van der Waals surface area contributed by atoms with Crippen LogP contribution in [0.2, 0.25) is 0 Å². The van der Waals surface area contributed by atoms with Gasteiger partial charge in [0.1, 0.15) is 24.9 Å². The van der Waals surface area contributed by atoms with Gasteiger partial charge in [-0.05, 0) is 31.1 Å². The highest BCUT2D eigenvalue weighted by molar-refractivity contribution is 5.79. The number of alkyl halides is 1. The number of nitrogens with one attached hydrogen (secondary N) is 1. The van der Waals surface area contributed by atoms with Crippen molar-refractivity contribution in [2.45, 2.75) is 64.3 Å². The molecule has 1 aliphatic carbocycles. The van der Waals surface area contributed by atoms with E-state index in [0.29, 0.717) is 5.92 Å². The summed E-state index contributed by atoms with van der Waals surface area (Å²) in [5.74, 6) is 0.208. The minimum absolute atomic E-state index is 0.0216. The molecule has 1 amide bonds. The van der Waals surface area contributed by atoms with Crippen LogP contribution in [0.1, 0.15) is 40.0 Å². The van der Waals surface area contributed by atoms with Crippen LogP contribution in [0.3, 0.4) is 0 Å². The van der Waals surface area contributed by atoms with Crippen molar-refractivity contribution in [3.05, 3.63) is 12.7 Å². The summed E-state index contributed by atoms with van der Waals surface area (Å²) in [4.78, 5) is 17.9. The molecule has 1 aliphatic heterocycles. The summed E-state index contributed by atoms with van der Waals surface area (Å²) >= 11 is 0. The first-order valence-electron chi connectivity index (χ1n) is 9.17. The van der Waals surface area contributed by atoms with E-state index in [-0.39, 0.29) is 36.4 Å². The second-order valence-electron chi connectivity index (χ2n) is 8.28. The van der Waals surface area contributed by atoms with Crippen LogP contribution in [0, 0.1) is 22.7 Å². The van der Waals surface area contributed by atoms with Crippen molar-refractivity contribution in [1.29, 1.82) is 5.26 Å². The average molecular weight is 362 g/mol. The Bertz CT molecular complexity index is 684. The van der Waals surface area contributed by atoms with Gasteiger partial charge in [0.25, 0.3) is 0 Å². The van der Waals surface area contributed by atoms with Gasteiger partial charge in [-0.2, -0.15) is 10.4 Å². The van der Waals surface area contributed by atoms with E-state index in [1.54, 1.807) is 6.33 Å². The zero-order valence-corrected chi connectivity index (χ0v) is 15.7. The van der Waals surface area contributed by atoms with E-state index in [2.05, 4.69) is 36.2 Å². The Kier molecular flexibility index (Phi) is 5.02. The molecule has 1 aromatic heterocycles. The number of nitrogens with zero attached hydrogens (tertiary/aromatic N) is 5. The number of amides is 1. The van der Waals surface area contributed by atoms with Gasteiger partial charge in [-0.15, -0.1) is 0 Å². The number of halogens is 1. The first-order chi connectivity index (χ1) is 12.3. The zero-order valence-electron chi connectivity index (χ0n) is 15.7. The van der Waals surface area contributed by atoms with Crippen molar-refractivity contribution in [1.82, 2.24) is 25.0 Å². The van der Waals surface area contributed by atoms with Crippen LogP contribution in [0.5, 0.6) is 0 Å². The summed E-state index contributed by atoms with van der Waals surface area (Å²) in [5, 5.41) is 16.8. The van der Waals surface area contributed by atoms with Gasteiger partial charge >= 0.3 is 0 Å². The normalized spacial score (nSPS) is 33.3. The minimum Gasteiger partial charge on any atom is -0.323 e. The van der Waals surface area contributed by atoms with Crippen molar-refractivity contribution in [3.63, 3.8) is 0 Å². The smallest absolute Gasteiger partial charge is 0.237 e. The predicted octanol–water partition coefficient (Wildman–Crippen LogP) is 1.53. The molecular formula is C18H27FN6O. The summed E-state index contributed by atoms with van der Waals surface area (Å²) in [7, 11) is 0. The molecule has 1 N–H and O–H groups in total. The number of hydrogen-bond acceptors (Lipinski definition) is 5. The van der Waals surface area contributed by atoms with Crippen LogP contribution in [0.4, 0.5) is 4.39 Å². The third-order valence-corrected chi connectivity index (χ3v) is 6.66. The predicted molar refractivity (Wildman–Crippen MR) is 93.6 cm³/mol. The standard InChI is InChI=1S/C18H27FN6O/c1-17(2)13(9-24-12-21-11-23-24)4-5-18(17,3)22-8-16(26)25-10-14(19)6-15(25)7-20/h11-15,22H,4-6,8-10H2,1-3H3/t13-,14+,15+,18-/m1/s1. The molecule has 1 saturated heterocycles. The molecule has 1 aromatic rings. The van der Waals surface area contributed by atoms with Crippen LogP contribution in [0.25, 0.3) is 0 Å². The molecule has 7 nitrogen and oxygen atoms in total. The van der Waals surface area contributed by atoms with Crippen molar-refractivity contribution in [2.75, 3.05) is 13.1 Å². The van der Waals surface area contributed by atoms with E-state index >= 15 is 0 Å². The highest BCUT2D eigenvalue weighted by Crippen LogP contribution is 2.50. The van der Waals surface area contributed by atoms with Gasteiger partial charge in [-0.25, -0.2) is 9.37 Å². The number of carbonyl (C=O) groups excluding carboxylic acids is 1. The molecule has 2 aliphatic rings. The Morgan fingerprint density at radius 3 is 2.88 bits per heavy atom. The van der Waals surface area contributed by atoms with E-state index in [0.717, 1.165) is 19.4 Å². The molecule has 0 unspecified atom stereocenters. The fourth-order valence-corrected chi connectivity index (χ4v) is 4.34. The quantitative estimate of drug-likeness (QED) is 0.858. The number of rotatable bonds is 5. The van der Waals surface area contributed by atoms with E-state index in [1.807, 2.05) is 10.8 Å². The molecule has 0 radical (unpaired) electrons. The lowest BCUT2D eigenvalue weighted by Crippen LogP contribution is -2.55. The van der Waals surface area contributed by atoms with Gasteiger partial charge < -0.3 is 10.2 Å². The van der Waals surface area contributed by atoms with E-state index in [4.69, 9.17) is 5.26 Å². The van der Waals surface area contributed by atoms with Gasteiger partial charge in [0.05, 0.1) is 19.2 Å². The topological polar surface area (TPSA) is 86.8 Å². The molecule has 0 aromatic carbocycles. The first kappa shape index (κ1) is 18.8. The Balaban J connectivity index is 1.62. The summed E-state index contributed by atoms with van der Waals surface area (Å²) in [6.45, 7) is 7.51. The van der Waals surface area contributed by atoms with Gasteiger partial charge in [0.2, 0.25) is 5.91 Å². The Morgan fingerprint density at radius 1 is 1.46 bits per heavy atom. The van der Waals surface area contributed by atoms with E-state index < -0.39 is 12.2 Å². The molecular weight excluding hydrogens is 335 g/mol. The maximum absolute atomic E-state index is 13.6. The third kappa shape index (κ3) is 3.32. The zero-order chi connectivity index (χ0) is 18.9. The Morgan fingerprint density at radius 2 is 2.23 bits per heavy atom. The van der Waals surface area contributed by atoms with Crippen molar-refractivity contribution >= 4 is 5.91 Å². The lowest BCUT2D eigenvalue weighted by Gasteiger charge is -2.42. The molecule has 8 heteroatoms. The number of likely N-dealkylation sites (tertiary alicyclic amines) is 1. The molecule has 1 saturated carbocycles. The second kappa shape index (κ2) is 6.95. The van der Waals surface area contributed by atoms with Crippen LogP contribution < -0.4 is 5.32 Å². The molecule has 142 valence electrons. The lowest BCUT2D eigenvalue weighted by molar-refractivity contribution is -0.131. The lowest BCUT2D eigenvalue weighted by atomic mass is 9.71. The highest BCUT2D eigenvalue weighted by atomic mass is 19.1. The molecule has 26 heavy (non-hydrogen) atoms. The van der Waals surface area contributed by atoms with Crippen LogP contribution in [0.15, 0.2) is 12.7 Å². The maximum atomic E-state index is 13.6. The fraction of sp³-hybridized carbons (Fsp3) is 0.778. The molecule has 2 fully saturated rings. The molecule has 3 rings (SSSR count). The van der Waals surface area contributed by atoms with Crippen LogP contribution in [-0.2, 0) is 11.3 Å². The molecule has 0 spiro atoms. The largest absolute Gasteiger partial charge is 0.323 e. The monoisotopic (exact) mass is 362 g/mol. The van der Waals surface area contributed by atoms with Gasteiger partial charge in [-0.3, -0.25) is 9.48 Å². The molecule has 4 atom stereocenters. The van der Waals surface area contributed by atoms with Crippen molar-refractivity contribution in [3.8, 4) is 6.07 Å². The van der Waals surface area contributed by atoms with Crippen molar-refractivity contribution in [2.24, 2.45) is 11.3 Å². The summed E-state index contributed by atoms with van der Waals surface area (Å²) in [6.07, 6.45) is 4.25. The van der Waals surface area contributed by atoms with Gasteiger partial charge in [0.15, 0.2) is 0 Å². The van der Waals surface area contributed by atoms with Gasteiger partial charge in [0, 0.05) is 18.5 Å². The second-order valence-corrected chi connectivity index (χ2v) is 8.28. The first-order valence-corrected chi connectivity index (χ1v) is 9.17. The van der Waals surface area contributed by atoms with E-state index in [9.17, 15) is 9.18 Å². The fourth-order valence-electron chi connectivity index (χ4n) is 4.34. The number of carbonyl (C=O) groups is 1. The highest BCUT2D eigenvalue weighted by Gasteiger charge is 2.51. The SMILES string of the molecule is CC1(C)[C@@H](Cn2cncn2)CC[C@@]1(C)NCC(=O)N1C[C@@H](F)C[C@H]1C#N. The maximum Gasteiger partial charge on any atom is 0.237 e.